The zero-order valence-electron chi connectivity index (χ0n) is 9.84. The summed E-state index contributed by atoms with van der Waals surface area (Å²) in [5.74, 6) is -0.929. The zero-order valence-corrected chi connectivity index (χ0v) is 9.84. The molecule has 0 aliphatic rings. The van der Waals surface area contributed by atoms with Gasteiger partial charge in [0, 0.05) is 12.6 Å². The second-order valence-corrected chi connectivity index (χ2v) is 4.06. The molecule has 0 radical (unpaired) electrons. The Morgan fingerprint density at radius 2 is 2.12 bits per heavy atom. The third kappa shape index (κ3) is 2.36. The third-order valence-electron chi connectivity index (χ3n) is 2.80. The number of allylic oxidation sites excluding steroid dienone is 1. The van der Waals surface area contributed by atoms with E-state index >= 15 is 0 Å². The van der Waals surface area contributed by atoms with Crippen LogP contribution < -0.4 is 0 Å². The van der Waals surface area contributed by atoms with Gasteiger partial charge in [0.1, 0.15) is 0 Å². The minimum Gasteiger partial charge on any atom is -0.478 e. The minimum atomic E-state index is -0.929. The topological polar surface area (TPSA) is 55.1 Å². The number of aliphatic carboxylic acids is 1. The second-order valence-electron chi connectivity index (χ2n) is 4.06. The van der Waals surface area contributed by atoms with E-state index in [4.69, 9.17) is 5.11 Å². The van der Waals surface area contributed by atoms with Crippen molar-refractivity contribution in [3.05, 3.63) is 41.7 Å². The van der Waals surface area contributed by atoms with Crippen LogP contribution in [0.25, 0.3) is 11.0 Å². The van der Waals surface area contributed by atoms with Gasteiger partial charge in [0.2, 0.25) is 0 Å². The van der Waals surface area contributed by atoms with E-state index in [0.717, 1.165) is 17.1 Å². The number of rotatable bonds is 3. The van der Waals surface area contributed by atoms with Crippen molar-refractivity contribution in [2.45, 2.75) is 20.4 Å². The number of aryl methyl sites for hydroxylation is 2. The average Bonchev–Trinajstić information content (AvgIpc) is 2.62. The molecule has 1 aromatic heterocycles. The lowest BCUT2D eigenvalue weighted by Gasteiger charge is -2.03. The molecule has 88 valence electrons. The van der Waals surface area contributed by atoms with Crippen molar-refractivity contribution in [2.75, 3.05) is 0 Å². The van der Waals surface area contributed by atoms with Crippen LogP contribution >= 0.6 is 0 Å². The average molecular weight is 230 g/mol. The van der Waals surface area contributed by atoms with Crippen LogP contribution in [0.3, 0.4) is 0 Å². The molecule has 1 heterocycles. The maximum Gasteiger partial charge on any atom is 0.328 e. The normalized spacial score (nSPS) is 11.4. The summed E-state index contributed by atoms with van der Waals surface area (Å²) in [5, 5.41) is 8.52. The highest BCUT2D eigenvalue weighted by molar-refractivity contribution is 5.80. The lowest BCUT2D eigenvalue weighted by atomic mass is 10.1. The van der Waals surface area contributed by atoms with E-state index in [-0.39, 0.29) is 0 Å². The van der Waals surface area contributed by atoms with Crippen LogP contribution in [0.1, 0.15) is 11.1 Å². The Kier molecular flexibility index (Phi) is 2.95. The minimum absolute atomic E-state index is 0.519. The SMILES string of the molecule is Cc1cc2ncn(CC=CC(=O)O)c2cc1C. The standard InChI is InChI=1S/C13H14N2O2/c1-9-6-11-12(7-10(9)2)15(8-14-11)5-3-4-13(16)17/h3-4,6-8H,5H2,1-2H3,(H,16,17). The van der Waals surface area contributed by atoms with Crippen LogP contribution in [0, 0.1) is 13.8 Å². The number of fused-ring (bicyclic) bond motifs is 1. The van der Waals surface area contributed by atoms with Crippen LogP contribution in [0.2, 0.25) is 0 Å². The highest BCUT2D eigenvalue weighted by Gasteiger charge is 2.03. The van der Waals surface area contributed by atoms with Crippen LogP contribution in [0.15, 0.2) is 30.6 Å². The van der Waals surface area contributed by atoms with E-state index in [1.807, 2.05) is 10.6 Å². The zero-order chi connectivity index (χ0) is 12.4. The Morgan fingerprint density at radius 3 is 2.82 bits per heavy atom. The van der Waals surface area contributed by atoms with Gasteiger partial charge in [-0.25, -0.2) is 9.78 Å². The number of benzene rings is 1. The highest BCUT2D eigenvalue weighted by Crippen LogP contribution is 2.18. The quantitative estimate of drug-likeness (QED) is 0.823. The highest BCUT2D eigenvalue weighted by atomic mass is 16.4. The molecular weight excluding hydrogens is 216 g/mol. The van der Waals surface area contributed by atoms with Crippen molar-refractivity contribution in [1.82, 2.24) is 9.55 Å². The molecule has 2 aromatic rings. The summed E-state index contributed by atoms with van der Waals surface area (Å²) >= 11 is 0. The molecule has 0 aliphatic carbocycles. The first-order chi connectivity index (χ1) is 8.08. The van der Waals surface area contributed by atoms with Crippen molar-refractivity contribution in [2.24, 2.45) is 0 Å². The molecule has 0 aliphatic heterocycles. The molecule has 0 bridgehead atoms. The number of nitrogens with zero attached hydrogens (tertiary/aromatic N) is 2. The maximum atomic E-state index is 10.4. The van der Waals surface area contributed by atoms with Crippen LogP contribution in [0.5, 0.6) is 0 Å². The molecule has 1 aromatic carbocycles. The van der Waals surface area contributed by atoms with Crippen molar-refractivity contribution in [1.29, 1.82) is 0 Å². The van der Waals surface area contributed by atoms with E-state index in [9.17, 15) is 4.79 Å². The lowest BCUT2D eigenvalue weighted by molar-refractivity contribution is -0.131. The van der Waals surface area contributed by atoms with Crippen LogP contribution in [-0.2, 0) is 11.3 Å². The predicted octanol–water partition coefficient (Wildman–Crippen LogP) is 2.29. The molecule has 0 unspecified atom stereocenters. The first-order valence-corrected chi connectivity index (χ1v) is 5.39. The Bertz CT molecular complexity index is 597. The van der Waals surface area contributed by atoms with E-state index < -0.39 is 5.97 Å². The summed E-state index contributed by atoms with van der Waals surface area (Å²) in [6.07, 6.45) is 4.49. The molecule has 4 nitrogen and oxygen atoms in total. The summed E-state index contributed by atoms with van der Waals surface area (Å²) in [5.41, 5.74) is 4.39. The molecule has 0 saturated carbocycles. The predicted molar refractivity (Wildman–Crippen MR) is 66.0 cm³/mol. The maximum absolute atomic E-state index is 10.4. The van der Waals surface area contributed by atoms with Gasteiger partial charge in [-0.2, -0.15) is 0 Å². The van der Waals surface area contributed by atoms with Crippen molar-refractivity contribution >= 4 is 17.0 Å². The summed E-state index contributed by atoms with van der Waals surface area (Å²) in [7, 11) is 0. The molecule has 2 rings (SSSR count). The molecule has 4 heteroatoms. The van der Waals surface area contributed by atoms with E-state index in [1.54, 1.807) is 12.4 Å². The van der Waals surface area contributed by atoms with Gasteiger partial charge in [0.15, 0.2) is 0 Å². The fourth-order valence-corrected chi connectivity index (χ4v) is 1.73. The molecule has 17 heavy (non-hydrogen) atoms. The molecule has 0 fully saturated rings. The summed E-state index contributed by atoms with van der Waals surface area (Å²) in [6.45, 7) is 4.63. The third-order valence-corrected chi connectivity index (χ3v) is 2.80. The van der Waals surface area contributed by atoms with Gasteiger partial charge >= 0.3 is 5.97 Å². The summed E-state index contributed by atoms with van der Waals surface area (Å²) < 4.78 is 1.93. The van der Waals surface area contributed by atoms with E-state index in [1.165, 1.54) is 11.1 Å². The van der Waals surface area contributed by atoms with Crippen molar-refractivity contribution in [3.8, 4) is 0 Å². The molecule has 1 N–H and O–H groups in total. The molecule has 0 atom stereocenters. The van der Waals surface area contributed by atoms with Gasteiger partial charge in [-0.05, 0) is 37.1 Å². The summed E-state index contributed by atoms with van der Waals surface area (Å²) in [6, 6.07) is 4.12. The fourth-order valence-electron chi connectivity index (χ4n) is 1.73. The first-order valence-electron chi connectivity index (χ1n) is 5.39. The summed E-state index contributed by atoms with van der Waals surface area (Å²) in [4.78, 5) is 14.7. The number of aromatic nitrogens is 2. The molecule has 0 amide bonds. The number of carboxylic acid groups (broad SMARTS) is 1. The smallest absolute Gasteiger partial charge is 0.328 e. The Hall–Kier alpha value is -2.10. The number of hydrogen-bond acceptors (Lipinski definition) is 2. The molecule has 0 saturated heterocycles. The van der Waals surface area contributed by atoms with Crippen molar-refractivity contribution < 1.29 is 9.90 Å². The Morgan fingerprint density at radius 1 is 1.41 bits per heavy atom. The van der Waals surface area contributed by atoms with Gasteiger partial charge in [0.05, 0.1) is 17.4 Å². The first kappa shape index (κ1) is 11.4. The van der Waals surface area contributed by atoms with E-state index in [0.29, 0.717) is 6.54 Å². The van der Waals surface area contributed by atoms with E-state index in [2.05, 4.69) is 24.9 Å². The van der Waals surface area contributed by atoms with Gasteiger partial charge in [-0.15, -0.1) is 0 Å². The number of carboxylic acids is 1. The largest absolute Gasteiger partial charge is 0.478 e. The Labute approximate surface area is 99.2 Å². The second kappa shape index (κ2) is 4.41. The number of imidazole rings is 1. The van der Waals surface area contributed by atoms with Crippen molar-refractivity contribution in [3.63, 3.8) is 0 Å². The van der Waals surface area contributed by atoms with Gasteiger partial charge in [-0.1, -0.05) is 6.08 Å². The molecular formula is C13H14N2O2. The van der Waals surface area contributed by atoms with Gasteiger partial charge in [-0.3, -0.25) is 0 Å². The number of hydrogen-bond donors (Lipinski definition) is 1. The Balaban J connectivity index is 2.36. The fraction of sp³-hybridized carbons (Fsp3) is 0.231. The van der Waals surface area contributed by atoms with Gasteiger partial charge < -0.3 is 9.67 Å². The van der Waals surface area contributed by atoms with Crippen LogP contribution in [-0.4, -0.2) is 20.6 Å². The van der Waals surface area contributed by atoms with Gasteiger partial charge in [0.25, 0.3) is 0 Å². The molecule has 0 spiro atoms. The van der Waals surface area contributed by atoms with Crippen LogP contribution in [0.4, 0.5) is 0 Å². The monoisotopic (exact) mass is 230 g/mol. The lowest BCUT2D eigenvalue weighted by Crippen LogP contribution is -1.95. The number of carbonyl (C=O) groups is 1.